The van der Waals surface area contributed by atoms with Gasteiger partial charge < -0.3 is 23.0 Å². The third-order valence-electron chi connectivity index (χ3n) is 2.88. The molecule has 1 atom stereocenters. The summed E-state index contributed by atoms with van der Waals surface area (Å²) in [5.74, 6) is -1.05. The van der Waals surface area contributed by atoms with Crippen molar-refractivity contribution in [2.45, 2.75) is 25.7 Å². The van der Waals surface area contributed by atoms with E-state index >= 15 is 0 Å². The Bertz CT molecular complexity index is 680. The minimum atomic E-state index is -0.651. The van der Waals surface area contributed by atoms with Gasteiger partial charge in [0, 0.05) is 22.6 Å². The first-order chi connectivity index (χ1) is 10.4. The average Bonchev–Trinajstić information content (AvgIpc) is 3.15. The monoisotopic (exact) mass is 420 g/mol. The predicted octanol–water partition coefficient (Wildman–Crippen LogP) is 2.24. The van der Waals surface area contributed by atoms with Gasteiger partial charge in [-0.05, 0) is 13.8 Å². The Hall–Kier alpha value is -1.46. The molecule has 9 heteroatoms. The molecule has 2 aromatic rings. The first kappa shape index (κ1) is 15.4. The van der Waals surface area contributed by atoms with Crippen LogP contribution >= 0.6 is 22.6 Å². The first-order valence-corrected chi connectivity index (χ1v) is 7.57. The number of oxazole rings is 2. The zero-order valence-electron chi connectivity index (χ0n) is 11.9. The molecule has 0 spiro atoms. The standard InChI is InChI=1S/C13H13IN2O6/c1-13(2)21-4-7(22-13)3-19-11(17)9-6-18-10(15-9)8-5-20-12(14)16-8/h5-7H,3-4H2,1-2H3. The Morgan fingerprint density at radius 1 is 1.41 bits per heavy atom. The fraction of sp³-hybridized carbons (Fsp3) is 0.462. The van der Waals surface area contributed by atoms with Crippen LogP contribution in [0.25, 0.3) is 11.6 Å². The van der Waals surface area contributed by atoms with Crippen molar-refractivity contribution in [3.05, 3.63) is 22.1 Å². The van der Waals surface area contributed by atoms with Gasteiger partial charge in [-0.25, -0.2) is 9.78 Å². The number of carbonyl (C=O) groups is 1. The van der Waals surface area contributed by atoms with Crippen LogP contribution in [-0.2, 0) is 14.2 Å². The van der Waals surface area contributed by atoms with Crippen LogP contribution in [0.2, 0.25) is 0 Å². The fourth-order valence-electron chi connectivity index (χ4n) is 1.92. The summed E-state index contributed by atoms with van der Waals surface area (Å²) in [5.41, 5.74) is 0.476. The number of aromatic nitrogens is 2. The lowest BCUT2D eigenvalue weighted by atomic mass is 10.4. The van der Waals surface area contributed by atoms with Crippen molar-refractivity contribution in [1.82, 2.24) is 9.97 Å². The van der Waals surface area contributed by atoms with E-state index in [1.54, 1.807) is 13.8 Å². The van der Waals surface area contributed by atoms with Crippen LogP contribution < -0.4 is 0 Å². The molecule has 3 rings (SSSR count). The molecule has 1 unspecified atom stereocenters. The van der Waals surface area contributed by atoms with Crippen molar-refractivity contribution in [3.8, 4) is 11.6 Å². The van der Waals surface area contributed by atoms with E-state index in [1.165, 1.54) is 12.5 Å². The average molecular weight is 420 g/mol. The molecule has 0 aliphatic carbocycles. The summed E-state index contributed by atoms with van der Waals surface area (Å²) in [6.07, 6.45) is 2.33. The number of halogens is 1. The number of hydrogen-bond acceptors (Lipinski definition) is 8. The van der Waals surface area contributed by atoms with Crippen LogP contribution in [0.15, 0.2) is 21.4 Å². The van der Waals surface area contributed by atoms with Gasteiger partial charge in [-0.15, -0.1) is 0 Å². The summed E-state index contributed by atoms with van der Waals surface area (Å²) in [6, 6.07) is 0. The Balaban J connectivity index is 1.58. The van der Waals surface area contributed by atoms with Crippen LogP contribution in [0.4, 0.5) is 0 Å². The summed E-state index contributed by atoms with van der Waals surface area (Å²) in [7, 11) is 0. The topological polar surface area (TPSA) is 96.8 Å². The smallest absolute Gasteiger partial charge is 0.360 e. The molecule has 0 aromatic carbocycles. The van der Waals surface area contributed by atoms with Gasteiger partial charge in [0.2, 0.25) is 5.89 Å². The van der Waals surface area contributed by atoms with Crippen molar-refractivity contribution in [2.24, 2.45) is 0 Å². The molecule has 0 radical (unpaired) electrons. The summed E-state index contributed by atoms with van der Waals surface area (Å²) in [5, 5.41) is 0. The summed E-state index contributed by atoms with van der Waals surface area (Å²) >= 11 is 1.92. The van der Waals surface area contributed by atoms with Gasteiger partial charge in [-0.3, -0.25) is 0 Å². The molecule has 1 saturated heterocycles. The third kappa shape index (κ3) is 3.47. The zero-order chi connectivity index (χ0) is 15.7. The highest BCUT2D eigenvalue weighted by molar-refractivity contribution is 14.1. The number of rotatable bonds is 4. The molecule has 2 aromatic heterocycles. The predicted molar refractivity (Wildman–Crippen MR) is 79.9 cm³/mol. The Labute approximate surface area is 139 Å². The molecule has 22 heavy (non-hydrogen) atoms. The highest BCUT2D eigenvalue weighted by atomic mass is 127. The molecule has 1 aliphatic rings. The highest BCUT2D eigenvalue weighted by Gasteiger charge is 2.33. The molecule has 0 N–H and O–H groups in total. The second kappa shape index (κ2) is 5.97. The minimum Gasteiger partial charge on any atom is -0.458 e. The Morgan fingerprint density at radius 3 is 2.86 bits per heavy atom. The van der Waals surface area contributed by atoms with Gasteiger partial charge in [0.25, 0.3) is 3.90 Å². The third-order valence-corrected chi connectivity index (χ3v) is 3.37. The fourth-order valence-corrected chi connectivity index (χ4v) is 2.31. The first-order valence-electron chi connectivity index (χ1n) is 6.49. The van der Waals surface area contributed by atoms with Gasteiger partial charge in [-0.2, -0.15) is 4.98 Å². The van der Waals surface area contributed by atoms with Gasteiger partial charge in [0.05, 0.1) is 6.61 Å². The Morgan fingerprint density at radius 2 is 2.23 bits per heavy atom. The van der Waals surface area contributed by atoms with E-state index in [9.17, 15) is 4.79 Å². The zero-order valence-corrected chi connectivity index (χ0v) is 14.0. The van der Waals surface area contributed by atoms with Crippen LogP contribution in [0.5, 0.6) is 0 Å². The molecule has 1 aliphatic heterocycles. The van der Waals surface area contributed by atoms with Crippen LogP contribution in [0.1, 0.15) is 24.3 Å². The number of hydrogen-bond donors (Lipinski definition) is 0. The number of nitrogens with zero attached hydrogens (tertiary/aromatic N) is 2. The highest BCUT2D eigenvalue weighted by Crippen LogP contribution is 2.23. The maximum Gasteiger partial charge on any atom is 0.360 e. The second-order valence-corrected chi connectivity index (χ2v) is 6.00. The van der Waals surface area contributed by atoms with Gasteiger partial charge in [-0.1, -0.05) is 0 Å². The van der Waals surface area contributed by atoms with Crippen molar-refractivity contribution < 1.29 is 27.8 Å². The van der Waals surface area contributed by atoms with Gasteiger partial charge >= 0.3 is 5.97 Å². The van der Waals surface area contributed by atoms with E-state index < -0.39 is 11.8 Å². The van der Waals surface area contributed by atoms with E-state index in [-0.39, 0.29) is 24.3 Å². The van der Waals surface area contributed by atoms with Crippen LogP contribution in [-0.4, -0.2) is 41.0 Å². The number of ether oxygens (including phenoxy) is 3. The SMILES string of the molecule is CC1(C)OCC(COC(=O)c2coc(-c3coc(I)n3)n2)O1. The molecule has 0 bridgehead atoms. The van der Waals surface area contributed by atoms with Crippen LogP contribution in [0.3, 0.4) is 0 Å². The molecule has 1 fully saturated rings. The molecule has 8 nitrogen and oxygen atoms in total. The summed E-state index contributed by atoms with van der Waals surface area (Å²) in [6.45, 7) is 4.07. The van der Waals surface area contributed by atoms with E-state index in [0.29, 0.717) is 16.2 Å². The summed E-state index contributed by atoms with van der Waals surface area (Å²) in [4.78, 5) is 20.0. The quantitative estimate of drug-likeness (QED) is 0.549. The normalized spacial score (nSPS) is 20.2. The van der Waals surface area contributed by atoms with Gasteiger partial charge in [0.15, 0.2) is 17.2 Å². The molecule has 118 valence electrons. The van der Waals surface area contributed by atoms with E-state index in [1.807, 2.05) is 22.6 Å². The van der Waals surface area contributed by atoms with E-state index in [0.717, 1.165) is 0 Å². The Kier molecular flexibility index (Phi) is 4.19. The van der Waals surface area contributed by atoms with E-state index in [4.69, 9.17) is 23.0 Å². The summed E-state index contributed by atoms with van der Waals surface area (Å²) < 4.78 is 26.8. The number of carbonyl (C=O) groups excluding carboxylic acids is 1. The van der Waals surface area contributed by atoms with E-state index in [2.05, 4.69) is 9.97 Å². The molecule has 0 amide bonds. The maximum atomic E-state index is 11.9. The lowest BCUT2D eigenvalue weighted by Crippen LogP contribution is -2.25. The second-order valence-electron chi connectivity index (χ2n) is 5.07. The van der Waals surface area contributed by atoms with Crippen molar-refractivity contribution in [1.29, 1.82) is 0 Å². The molecular weight excluding hydrogens is 407 g/mol. The number of esters is 1. The van der Waals surface area contributed by atoms with Gasteiger partial charge in [0.1, 0.15) is 25.2 Å². The largest absolute Gasteiger partial charge is 0.458 e. The van der Waals surface area contributed by atoms with Crippen molar-refractivity contribution in [2.75, 3.05) is 13.2 Å². The maximum absolute atomic E-state index is 11.9. The molecular formula is C13H13IN2O6. The lowest BCUT2D eigenvalue weighted by molar-refractivity contribution is -0.142. The van der Waals surface area contributed by atoms with Crippen LogP contribution in [0, 0.1) is 3.90 Å². The minimum absolute atomic E-state index is 0.0613. The molecule has 3 heterocycles. The lowest BCUT2D eigenvalue weighted by Gasteiger charge is -2.16. The van der Waals surface area contributed by atoms with Crippen molar-refractivity contribution in [3.63, 3.8) is 0 Å². The molecule has 0 saturated carbocycles. The van der Waals surface area contributed by atoms with Crippen molar-refractivity contribution >= 4 is 28.6 Å².